The Labute approximate surface area is 168 Å². The van der Waals surface area contributed by atoms with Crippen LogP contribution >= 0.6 is 0 Å². The van der Waals surface area contributed by atoms with E-state index in [1.54, 1.807) is 11.6 Å². The van der Waals surface area contributed by atoms with E-state index in [0.29, 0.717) is 19.0 Å². The lowest BCUT2D eigenvalue weighted by Gasteiger charge is -2.16. The van der Waals surface area contributed by atoms with Gasteiger partial charge in [-0.1, -0.05) is 52.4 Å². The molecule has 0 aliphatic rings. The molecule has 2 rings (SSSR count). The van der Waals surface area contributed by atoms with Crippen molar-refractivity contribution in [2.75, 3.05) is 20.3 Å². The predicted molar refractivity (Wildman–Crippen MR) is 115 cm³/mol. The van der Waals surface area contributed by atoms with E-state index in [0.717, 1.165) is 35.9 Å². The molecule has 0 radical (unpaired) electrons. The molecular formula is C23H35NO4. The van der Waals surface area contributed by atoms with Gasteiger partial charge in [0, 0.05) is 18.5 Å². The van der Waals surface area contributed by atoms with Crippen LogP contribution in [0.15, 0.2) is 23.0 Å². The van der Waals surface area contributed by atoms with Crippen molar-refractivity contribution in [1.82, 2.24) is 4.57 Å². The monoisotopic (exact) mass is 389 g/mol. The summed E-state index contributed by atoms with van der Waals surface area (Å²) in [4.78, 5) is 12.7. The van der Waals surface area contributed by atoms with Crippen LogP contribution in [0.3, 0.4) is 0 Å². The van der Waals surface area contributed by atoms with E-state index in [2.05, 4.69) is 13.8 Å². The smallest absolute Gasteiger partial charge is 0.297 e. The van der Waals surface area contributed by atoms with Gasteiger partial charge in [0.2, 0.25) is 5.75 Å². The number of benzene rings is 1. The van der Waals surface area contributed by atoms with Gasteiger partial charge < -0.3 is 18.8 Å². The first-order valence-corrected chi connectivity index (χ1v) is 10.6. The molecule has 0 bridgehead atoms. The maximum absolute atomic E-state index is 12.7. The molecule has 1 aromatic carbocycles. The summed E-state index contributed by atoms with van der Waals surface area (Å²) in [6.07, 6.45) is 9.35. The highest BCUT2D eigenvalue weighted by Crippen LogP contribution is 2.34. The Morgan fingerprint density at radius 2 is 1.54 bits per heavy atom. The van der Waals surface area contributed by atoms with Gasteiger partial charge in [-0.2, -0.15) is 0 Å². The first kappa shape index (κ1) is 22.1. The van der Waals surface area contributed by atoms with Gasteiger partial charge in [-0.05, 0) is 25.0 Å². The van der Waals surface area contributed by atoms with Crippen LogP contribution in [0.1, 0.15) is 65.2 Å². The second kappa shape index (κ2) is 11.6. The summed E-state index contributed by atoms with van der Waals surface area (Å²) in [7, 11) is 3.26. The van der Waals surface area contributed by atoms with Crippen LogP contribution in [0.5, 0.6) is 17.2 Å². The van der Waals surface area contributed by atoms with E-state index in [1.165, 1.54) is 39.2 Å². The summed E-state index contributed by atoms with van der Waals surface area (Å²) in [5.41, 5.74) is 0.590. The number of methoxy groups -OCH3 is 1. The van der Waals surface area contributed by atoms with Gasteiger partial charge in [-0.15, -0.1) is 0 Å². The van der Waals surface area contributed by atoms with Gasteiger partial charge in [0.15, 0.2) is 5.75 Å². The summed E-state index contributed by atoms with van der Waals surface area (Å²) in [6.45, 7) is 5.59. The zero-order chi connectivity index (χ0) is 20.4. The topological polar surface area (TPSA) is 49.7 Å². The van der Waals surface area contributed by atoms with Crippen LogP contribution in [0.2, 0.25) is 0 Å². The summed E-state index contributed by atoms with van der Waals surface area (Å²) in [6, 6.07) is 5.81. The van der Waals surface area contributed by atoms with Gasteiger partial charge in [-0.25, -0.2) is 0 Å². The van der Waals surface area contributed by atoms with Gasteiger partial charge >= 0.3 is 0 Å². The number of unbranched alkanes of at least 4 members (excludes halogenated alkanes) is 6. The number of aromatic nitrogens is 1. The minimum Gasteiger partial charge on any atom is -0.494 e. The van der Waals surface area contributed by atoms with Crippen molar-refractivity contribution in [3.8, 4) is 17.2 Å². The third-order valence-corrected chi connectivity index (χ3v) is 5.00. The molecule has 0 amide bonds. The van der Waals surface area contributed by atoms with Crippen molar-refractivity contribution in [3.63, 3.8) is 0 Å². The minimum atomic E-state index is -0.199. The van der Waals surface area contributed by atoms with Crippen molar-refractivity contribution in [1.29, 1.82) is 0 Å². The number of fused-ring (bicyclic) bond motifs is 1. The average Bonchev–Trinajstić information content (AvgIpc) is 2.71. The Hall–Kier alpha value is -2.17. The van der Waals surface area contributed by atoms with Crippen molar-refractivity contribution in [2.24, 2.45) is 7.05 Å². The van der Waals surface area contributed by atoms with Crippen LogP contribution in [0.25, 0.3) is 10.9 Å². The predicted octanol–water partition coefficient (Wildman–Crippen LogP) is 5.47. The fraction of sp³-hybridized carbons (Fsp3) is 0.609. The SMILES string of the molecule is CCCCCCCCOc1ccc2c(OCCCC)c(OC)c(=O)n(C)c2c1. The van der Waals surface area contributed by atoms with Crippen LogP contribution in [-0.2, 0) is 7.05 Å². The summed E-state index contributed by atoms with van der Waals surface area (Å²) < 4.78 is 18.8. The van der Waals surface area contributed by atoms with Crippen LogP contribution in [0, 0.1) is 0 Å². The highest BCUT2D eigenvalue weighted by atomic mass is 16.5. The third kappa shape index (κ3) is 5.66. The molecule has 2 aromatic rings. The lowest BCUT2D eigenvalue weighted by molar-refractivity contribution is 0.289. The van der Waals surface area contributed by atoms with E-state index >= 15 is 0 Å². The molecule has 0 fully saturated rings. The van der Waals surface area contributed by atoms with E-state index in [1.807, 2.05) is 18.2 Å². The summed E-state index contributed by atoms with van der Waals surface area (Å²) in [5.74, 6) is 1.56. The number of rotatable bonds is 13. The second-order valence-corrected chi connectivity index (χ2v) is 7.22. The molecule has 28 heavy (non-hydrogen) atoms. The molecule has 0 saturated carbocycles. The average molecular weight is 390 g/mol. The van der Waals surface area contributed by atoms with Crippen molar-refractivity contribution in [3.05, 3.63) is 28.6 Å². The number of ether oxygens (including phenoxy) is 3. The molecule has 0 aliphatic heterocycles. The van der Waals surface area contributed by atoms with Crippen LogP contribution in [-0.4, -0.2) is 24.9 Å². The molecule has 0 aliphatic carbocycles. The first-order valence-electron chi connectivity index (χ1n) is 10.6. The lowest BCUT2D eigenvalue weighted by atomic mass is 10.1. The molecule has 0 atom stereocenters. The number of nitrogens with zero attached hydrogens (tertiary/aromatic N) is 1. The minimum absolute atomic E-state index is 0.199. The van der Waals surface area contributed by atoms with Gasteiger partial charge in [0.1, 0.15) is 5.75 Å². The van der Waals surface area contributed by atoms with Gasteiger partial charge in [0.05, 0.1) is 25.8 Å². The zero-order valence-electron chi connectivity index (χ0n) is 17.9. The van der Waals surface area contributed by atoms with E-state index in [9.17, 15) is 4.79 Å². The molecule has 1 heterocycles. The fourth-order valence-electron chi connectivity index (χ4n) is 3.27. The van der Waals surface area contributed by atoms with Crippen LogP contribution in [0.4, 0.5) is 0 Å². The van der Waals surface area contributed by atoms with Crippen LogP contribution < -0.4 is 19.8 Å². The van der Waals surface area contributed by atoms with E-state index in [-0.39, 0.29) is 11.3 Å². The molecule has 0 spiro atoms. The Kier molecular flexibility index (Phi) is 9.18. The van der Waals surface area contributed by atoms with Crippen molar-refractivity contribution in [2.45, 2.75) is 65.2 Å². The Morgan fingerprint density at radius 3 is 2.25 bits per heavy atom. The zero-order valence-corrected chi connectivity index (χ0v) is 17.9. The number of hydrogen-bond acceptors (Lipinski definition) is 4. The molecule has 0 N–H and O–H groups in total. The summed E-state index contributed by atoms with van der Waals surface area (Å²) >= 11 is 0. The molecule has 1 aromatic heterocycles. The van der Waals surface area contributed by atoms with Crippen molar-refractivity contribution < 1.29 is 14.2 Å². The molecule has 5 heteroatoms. The molecule has 0 saturated heterocycles. The highest BCUT2D eigenvalue weighted by Gasteiger charge is 2.18. The molecule has 0 unspecified atom stereocenters. The third-order valence-electron chi connectivity index (χ3n) is 5.00. The number of hydrogen-bond donors (Lipinski definition) is 0. The quantitative estimate of drug-likeness (QED) is 0.427. The Bertz CT molecular complexity index is 797. The fourth-order valence-corrected chi connectivity index (χ4v) is 3.27. The summed E-state index contributed by atoms with van der Waals surface area (Å²) in [5, 5.41) is 0.863. The highest BCUT2D eigenvalue weighted by molar-refractivity contribution is 5.89. The van der Waals surface area contributed by atoms with Gasteiger partial charge in [-0.3, -0.25) is 4.79 Å². The lowest BCUT2D eigenvalue weighted by Crippen LogP contribution is -2.20. The maximum Gasteiger partial charge on any atom is 0.297 e. The Morgan fingerprint density at radius 1 is 0.857 bits per heavy atom. The largest absolute Gasteiger partial charge is 0.494 e. The van der Waals surface area contributed by atoms with E-state index < -0.39 is 0 Å². The maximum atomic E-state index is 12.7. The molecule has 5 nitrogen and oxygen atoms in total. The number of pyridine rings is 1. The van der Waals surface area contributed by atoms with E-state index in [4.69, 9.17) is 14.2 Å². The van der Waals surface area contributed by atoms with Gasteiger partial charge in [0.25, 0.3) is 5.56 Å². The molecular weight excluding hydrogens is 354 g/mol. The second-order valence-electron chi connectivity index (χ2n) is 7.22. The first-order chi connectivity index (χ1) is 13.6. The number of aryl methyl sites for hydroxylation is 1. The normalized spacial score (nSPS) is 11.0. The molecule has 156 valence electrons. The van der Waals surface area contributed by atoms with Crippen molar-refractivity contribution >= 4 is 10.9 Å². The Balaban J connectivity index is 2.15. The standard InChI is InChI=1S/C23H35NO4/c1-5-7-9-10-11-12-16-27-18-13-14-19-20(17-18)24(3)23(25)22(26-4)21(19)28-15-8-6-2/h13-14,17H,5-12,15-16H2,1-4H3.